The van der Waals surface area contributed by atoms with Crippen LogP contribution in [0.15, 0.2) is 103 Å². The van der Waals surface area contributed by atoms with Crippen molar-refractivity contribution >= 4 is 11.6 Å². The highest BCUT2D eigenvalue weighted by Gasteiger charge is 2.14. The lowest BCUT2D eigenvalue weighted by Crippen LogP contribution is -2.06. The molecule has 2 aromatic rings. The molecule has 0 saturated carbocycles. The Morgan fingerprint density at radius 2 is 1.26 bits per heavy atom. The Hall–Kier alpha value is -3.48. The van der Waals surface area contributed by atoms with Crippen LogP contribution in [0.5, 0.6) is 0 Å². The molecule has 4 rings (SSSR count). The Balaban J connectivity index is 0.000000290. The van der Waals surface area contributed by atoms with Crippen LogP contribution in [0, 0.1) is 0 Å². The van der Waals surface area contributed by atoms with Crippen LogP contribution < -0.4 is 0 Å². The first-order valence-electron chi connectivity index (χ1n) is 8.86. The van der Waals surface area contributed by atoms with Gasteiger partial charge in [-0.1, -0.05) is 85.4 Å². The van der Waals surface area contributed by atoms with Gasteiger partial charge in [0.1, 0.15) is 0 Å². The summed E-state index contributed by atoms with van der Waals surface area (Å²) < 4.78 is 0. The van der Waals surface area contributed by atoms with Gasteiger partial charge in [0.2, 0.25) is 0 Å². The van der Waals surface area contributed by atoms with Crippen molar-refractivity contribution in [1.29, 1.82) is 0 Å². The lowest BCUT2D eigenvalue weighted by atomic mass is 9.97. The van der Waals surface area contributed by atoms with Crippen molar-refractivity contribution in [2.45, 2.75) is 12.8 Å². The number of carbonyl (C=O) groups excluding carboxylic acids is 2. The van der Waals surface area contributed by atoms with E-state index in [0.717, 1.165) is 0 Å². The highest BCUT2D eigenvalue weighted by Crippen LogP contribution is 2.32. The lowest BCUT2D eigenvalue weighted by Gasteiger charge is -2.04. The maximum Gasteiger partial charge on any atom is 0.196 e. The van der Waals surface area contributed by atoms with E-state index in [1.807, 2.05) is 36.4 Å². The number of Topliss-reactive ketones (excluding diaryl/α,β-unsaturated/α-hetero) is 2. The average Bonchev–Trinajstić information content (AvgIpc) is 3.34. The van der Waals surface area contributed by atoms with Gasteiger partial charge < -0.3 is 0 Å². The maximum absolute atomic E-state index is 12.3. The Morgan fingerprint density at radius 1 is 0.704 bits per heavy atom. The van der Waals surface area contributed by atoms with Gasteiger partial charge in [0.25, 0.3) is 0 Å². The van der Waals surface area contributed by atoms with Crippen molar-refractivity contribution in [2.24, 2.45) is 0 Å². The Labute approximate surface area is 159 Å². The zero-order valence-electron chi connectivity index (χ0n) is 15.0. The van der Waals surface area contributed by atoms with E-state index in [4.69, 9.17) is 0 Å². The molecule has 0 saturated heterocycles. The molecule has 0 atom stereocenters. The summed E-state index contributed by atoms with van der Waals surface area (Å²) >= 11 is 0. The topological polar surface area (TPSA) is 34.1 Å². The van der Waals surface area contributed by atoms with Gasteiger partial charge in [0.15, 0.2) is 11.6 Å². The first kappa shape index (κ1) is 18.3. The minimum absolute atomic E-state index is 0.0178. The van der Waals surface area contributed by atoms with Crippen LogP contribution in [0.25, 0.3) is 11.1 Å². The van der Waals surface area contributed by atoms with Gasteiger partial charge in [-0.25, -0.2) is 0 Å². The monoisotopic (exact) mass is 352 g/mol. The van der Waals surface area contributed by atoms with E-state index in [9.17, 15) is 9.59 Å². The van der Waals surface area contributed by atoms with Gasteiger partial charge in [-0.3, -0.25) is 9.59 Å². The maximum atomic E-state index is 12.3. The largest absolute Gasteiger partial charge is 0.294 e. The van der Waals surface area contributed by atoms with Crippen LogP contribution in [0.3, 0.4) is 0 Å². The first-order chi connectivity index (χ1) is 13.2. The molecule has 2 heteroatoms. The van der Waals surface area contributed by atoms with Crippen LogP contribution in [0.4, 0.5) is 0 Å². The molecule has 0 aliphatic heterocycles. The molecule has 2 nitrogen and oxygen atoms in total. The van der Waals surface area contributed by atoms with E-state index < -0.39 is 0 Å². The first-order valence-corrected chi connectivity index (χ1v) is 8.86. The average molecular weight is 352 g/mol. The van der Waals surface area contributed by atoms with Crippen LogP contribution in [-0.4, -0.2) is 11.6 Å². The summed E-state index contributed by atoms with van der Waals surface area (Å²) in [7, 11) is 0. The van der Waals surface area contributed by atoms with Gasteiger partial charge in [-0.15, -0.1) is 5.73 Å². The molecule has 27 heavy (non-hydrogen) atoms. The smallest absolute Gasteiger partial charge is 0.196 e. The summed E-state index contributed by atoms with van der Waals surface area (Å²) in [6.07, 6.45) is 0.630. The molecule has 2 aliphatic rings. The molecule has 0 spiro atoms. The van der Waals surface area contributed by atoms with E-state index in [0.29, 0.717) is 23.1 Å². The molecular weight excluding hydrogens is 332 g/mol. The molecule has 0 radical (unpaired) electrons. The lowest BCUT2D eigenvalue weighted by molar-refractivity contribution is 0.0979. The third kappa shape index (κ3) is 5.01. The van der Waals surface area contributed by atoms with Crippen molar-refractivity contribution in [1.82, 2.24) is 0 Å². The molecule has 132 valence electrons. The van der Waals surface area contributed by atoms with Crippen molar-refractivity contribution < 1.29 is 9.59 Å². The minimum atomic E-state index is -0.119. The number of carbonyl (C=O) groups is 2. The molecule has 2 aromatic carbocycles. The summed E-state index contributed by atoms with van der Waals surface area (Å²) in [5, 5.41) is 0. The van der Waals surface area contributed by atoms with Gasteiger partial charge in [0, 0.05) is 23.1 Å². The number of benzene rings is 3. The number of hydrogen-bond donors (Lipinski definition) is 0. The molecule has 0 N–H and O–H groups in total. The summed E-state index contributed by atoms with van der Waals surface area (Å²) in [6, 6.07) is 26.5. The molecule has 2 aliphatic carbocycles. The fraction of sp³-hybridized carbons (Fsp3) is 0.0800. The van der Waals surface area contributed by atoms with Crippen LogP contribution in [0.1, 0.15) is 33.6 Å². The van der Waals surface area contributed by atoms with Gasteiger partial charge >= 0.3 is 0 Å². The zero-order valence-corrected chi connectivity index (χ0v) is 15.0. The summed E-state index contributed by atoms with van der Waals surface area (Å²) in [5.74, 6) is -0.101. The number of ketones is 2. The van der Waals surface area contributed by atoms with Crippen LogP contribution in [-0.2, 0) is 0 Å². The third-order valence-electron chi connectivity index (χ3n) is 4.33. The number of rotatable bonds is 6. The summed E-state index contributed by atoms with van der Waals surface area (Å²) in [6.45, 7) is 3.56. The molecular formula is C25H20O2. The SMILES string of the molecule is C=C=C(CCC(=O)c1ccccc1)C(=O)c1ccccc1.c1cc2cc-2c1. The molecule has 0 fully saturated rings. The van der Waals surface area contributed by atoms with Gasteiger partial charge in [0.05, 0.1) is 0 Å². The second-order valence-corrected chi connectivity index (χ2v) is 6.22. The van der Waals surface area contributed by atoms with Crippen molar-refractivity contribution in [3.63, 3.8) is 0 Å². The highest BCUT2D eigenvalue weighted by molar-refractivity contribution is 6.09. The fourth-order valence-electron chi connectivity index (χ4n) is 2.73. The standard InChI is InChI=1S/C19H16O2.C6H4/c1-2-15(19(21)17-11-7-4-8-12-17)13-14-18(20)16-9-5-3-6-10-16;1-2-5-4-6(5)3-1/h3-12H,1,13-14H2;1-4H. The van der Waals surface area contributed by atoms with Crippen LogP contribution >= 0.6 is 0 Å². The third-order valence-corrected chi connectivity index (χ3v) is 4.33. The molecule has 0 aromatic heterocycles. The van der Waals surface area contributed by atoms with Gasteiger partial charge in [-0.05, 0) is 23.6 Å². The highest BCUT2D eigenvalue weighted by atomic mass is 16.1. The molecule has 0 unspecified atom stereocenters. The molecule has 0 amide bonds. The van der Waals surface area contributed by atoms with Gasteiger partial charge in [-0.2, -0.15) is 0 Å². The summed E-state index contributed by atoms with van der Waals surface area (Å²) in [4.78, 5) is 24.3. The number of hydrogen-bond acceptors (Lipinski definition) is 2. The predicted octanol–water partition coefficient (Wildman–Crippen LogP) is 5.91. The van der Waals surface area contributed by atoms with Crippen molar-refractivity contribution in [3.05, 3.63) is 114 Å². The van der Waals surface area contributed by atoms with E-state index >= 15 is 0 Å². The normalized spacial score (nSPS) is 10.1. The van der Waals surface area contributed by atoms with E-state index in [1.54, 1.807) is 24.3 Å². The fourth-order valence-corrected chi connectivity index (χ4v) is 2.73. The molecule has 0 bridgehead atoms. The summed E-state index contributed by atoms with van der Waals surface area (Å²) in [5.41, 5.74) is 7.23. The quantitative estimate of drug-likeness (QED) is 0.245. The van der Waals surface area contributed by atoms with E-state index in [1.165, 1.54) is 11.1 Å². The van der Waals surface area contributed by atoms with Crippen molar-refractivity contribution in [2.75, 3.05) is 0 Å². The second-order valence-electron chi connectivity index (χ2n) is 6.22. The zero-order chi connectivity index (χ0) is 19.1. The number of allylic oxidation sites excluding steroid dienone is 1. The van der Waals surface area contributed by atoms with E-state index in [-0.39, 0.29) is 18.0 Å². The Kier molecular flexibility index (Phi) is 5.94. The molecule has 0 heterocycles. The second kappa shape index (κ2) is 8.75. The Morgan fingerprint density at radius 3 is 1.70 bits per heavy atom. The Bertz CT molecular complexity index is 978. The van der Waals surface area contributed by atoms with Crippen molar-refractivity contribution in [3.8, 4) is 11.1 Å². The predicted molar refractivity (Wildman–Crippen MR) is 109 cm³/mol. The minimum Gasteiger partial charge on any atom is -0.294 e. The van der Waals surface area contributed by atoms with Crippen LogP contribution in [0.2, 0.25) is 0 Å². The van der Waals surface area contributed by atoms with E-state index in [2.05, 4.69) is 36.6 Å². The number of fused-ring (bicyclic) bond motifs is 1.